The van der Waals surface area contributed by atoms with Crippen molar-refractivity contribution in [2.45, 2.75) is 0 Å². The highest BCUT2D eigenvalue weighted by Gasteiger charge is 2.07. The van der Waals surface area contributed by atoms with Gasteiger partial charge in [-0.05, 0) is 35.1 Å². The standard InChI is InChI=1S/C18H13N5S/c24-18-22-21-17(14-8-10-19-11-9-14)23(18)20-12-15-6-3-5-13-4-1-2-7-16(13)15/h1-12H,(H,22,24)/b20-12-. The van der Waals surface area contributed by atoms with Gasteiger partial charge >= 0.3 is 0 Å². The number of benzene rings is 2. The van der Waals surface area contributed by atoms with Crippen molar-refractivity contribution >= 4 is 29.2 Å². The van der Waals surface area contributed by atoms with Crippen LogP contribution in [-0.4, -0.2) is 26.1 Å². The third kappa shape index (κ3) is 2.63. The number of rotatable bonds is 3. The molecule has 0 saturated heterocycles. The molecule has 2 heterocycles. The number of hydrogen-bond acceptors (Lipinski definition) is 4. The lowest BCUT2D eigenvalue weighted by atomic mass is 10.1. The molecule has 0 amide bonds. The van der Waals surface area contributed by atoms with Crippen molar-refractivity contribution in [1.29, 1.82) is 0 Å². The van der Waals surface area contributed by atoms with E-state index in [1.807, 2.05) is 36.4 Å². The Bertz CT molecular complexity index is 1070. The molecular weight excluding hydrogens is 318 g/mol. The average molecular weight is 331 g/mol. The summed E-state index contributed by atoms with van der Waals surface area (Å²) >= 11 is 5.30. The summed E-state index contributed by atoms with van der Waals surface area (Å²) in [5.41, 5.74) is 1.92. The smallest absolute Gasteiger partial charge is 0.216 e. The van der Waals surface area contributed by atoms with Gasteiger partial charge in [0, 0.05) is 23.5 Å². The molecule has 2 aromatic heterocycles. The molecule has 0 fully saturated rings. The van der Waals surface area contributed by atoms with Gasteiger partial charge in [-0.2, -0.15) is 14.9 Å². The molecular formula is C18H13N5S. The maximum atomic E-state index is 5.30. The molecule has 6 heteroatoms. The number of aromatic nitrogens is 4. The van der Waals surface area contributed by atoms with Crippen LogP contribution in [-0.2, 0) is 0 Å². The molecule has 0 bridgehead atoms. The quantitative estimate of drug-likeness (QED) is 0.455. The largest absolute Gasteiger partial charge is 0.265 e. The summed E-state index contributed by atoms with van der Waals surface area (Å²) < 4.78 is 2.06. The van der Waals surface area contributed by atoms with Crippen molar-refractivity contribution in [2.24, 2.45) is 5.10 Å². The Labute approximate surface area is 143 Å². The van der Waals surface area contributed by atoms with Crippen molar-refractivity contribution in [3.63, 3.8) is 0 Å². The molecule has 0 unspecified atom stereocenters. The first-order valence-electron chi connectivity index (χ1n) is 7.43. The lowest BCUT2D eigenvalue weighted by Gasteiger charge is -2.03. The second-order valence-electron chi connectivity index (χ2n) is 5.21. The van der Waals surface area contributed by atoms with Crippen molar-refractivity contribution in [2.75, 3.05) is 0 Å². The zero-order valence-electron chi connectivity index (χ0n) is 12.6. The van der Waals surface area contributed by atoms with E-state index >= 15 is 0 Å². The molecule has 0 atom stereocenters. The molecule has 0 spiro atoms. The maximum absolute atomic E-state index is 5.30. The number of nitrogens with one attached hydrogen (secondary N) is 1. The van der Waals surface area contributed by atoms with E-state index in [-0.39, 0.29) is 0 Å². The average Bonchev–Trinajstić information content (AvgIpc) is 3.01. The van der Waals surface area contributed by atoms with Crippen LogP contribution in [0.3, 0.4) is 0 Å². The van der Waals surface area contributed by atoms with Gasteiger partial charge in [0.05, 0.1) is 6.21 Å². The normalized spacial score (nSPS) is 11.3. The topological polar surface area (TPSA) is 58.9 Å². The van der Waals surface area contributed by atoms with Crippen molar-refractivity contribution in [3.05, 3.63) is 77.3 Å². The van der Waals surface area contributed by atoms with Crippen molar-refractivity contribution in [1.82, 2.24) is 19.9 Å². The fourth-order valence-corrected chi connectivity index (χ4v) is 2.75. The van der Waals surface area contributed by atoms with Gasteiger partial charge in [-0.1, -0.05) is 42.5 Å². The highest BCUT2D eigenvalue weighted by molar-refractivity contribution is 7.71. The van der Waals surface area contributed by atoms with Gasteiger partial charge < -0.3 is 0 Å². The Balaban J connectivity index is 1.80. The first-order valence-corrected chi connectivity index (χ1v) is 7.84. The van der Waals surface area contributed by atoms with Crippen LogP contribution >= 0.6 is 12.2 Å². The van der Waals surface area contributed by atoms with E-state index < -0.39 is 0 Å². The summed E-state index contributed by atoms with van der Waals surface area (Å²) in [7, 11) is 0. The molecule has 4 aromatic rings. The second-order valence-corrected chi connectivity index (χ2v) is 5.60. The molecule has 24 heavy (non-hydrogen) atoms. The van der Waals surface area contributed by atoms with Crippen LogP contribution in [0.1, 0.15) is 5.56 Å². The third-order valence-electron chi connectivity index (χ3n) is 3.72. The number of nitrogens with zero attached hydrogens (tertiary/aromatic N) is 4. The second kappa shape index (κ2) is 6.17. The van der Waals surface area contributed by atoms with E-state index in [1.165, 1.54) is 5.39 Å². The van der Waals surface area contributed by atoms with Gasteiger partial charge in [0.2, 0.25) is 4.77 Å². The zero-order chi connectivity index (χ0) is 16.4. The van der Waals surface area contributed by atoms with Gasteiger partial charge in [0.1, 0.15) is 0 Å². The van der Waals surface area contributed by atoms with Crippen LogP contribution in [0.4, 0.5) is 0 Å². The molecule has 0 aliphatic rings. The highest BCUT2D eigenvalue weighted by Crippen LogP contribution is 2.18. The minimum absolute atomic E-state index is 0.443. The zero-order valence-corrected chi connectivity index (χ0v) is 13.4. The van der Waals surface area contributed by atoms with E-state index in [1.54, 1.807) is 23.3 Å². The van der Waals surface area contributed by atoms with E-state index in [0.717, 1.165) is 16.5 Å². The van der Waals surface area contributed by atoms with Crippen LogP contribution in [0.2, 0.25) is 0 Å². The highest BCUT2D eigenvalue weighted by atomic mass is 32.1. The first-order chi connectivity index (χ1) is 11.8. The summed E-state index contributed by atoms with van der Waals surface area (Å²) in [5, 5.41) is 13.9. The molecule has 0 aliphatic carbocycles. The van der Waals surface area contributed by atoms with Gasteiger partial charge in [-0.25, -0.2) is 5.10 Å². The van der Waals surface area contributed by atoms with Gasteiger partial charge in [-0.15, -0.1) is 0 Å². The van der Waals surface area contributed by atoms with Gasteiger partial charge in [0.25, 0.3) is 0 Å². The van der Waals surface area contributed by atoms with Crippen LogP contribution in [0, 0.1) is 4.77 Å². The van der Waals surface area contributed by atoms with Crippen molar-refractivity contribution in [3.8, 4) is 11.4 Å². The number of fused-ring (bicyclic) bond motifs is 1. The maximum Gasteiger partial charge on any atom is 0.216 e. The van der Waals surface area contributed by atoms with Crippen LogP contribution in [0.5, 0.6) is 0 Å². The summed E-state index contributed by atoms with van der Waals surface area (Å²) in [4.78, 5) is 4.02. The first kappa shape index (κ1) is 14.5. The van der Waals surface area contributed by atoms with Crippen molar-refractivity contribution < 1.29 is 0 Å². The molecule has 0 saturated carbocycles. The van der Waals surface area contributed by atoms with E-state index in [4.69, 9.17) is 12.2 Å². The summed E-state index contributed by atoms with van der Waals surface area (Å²) in [5.74, 6) is 0.652. The monoisotopic (exact) mass is 331 g/mol. The number of aromatic amines is 1. The fourth-order valence-electron chi connectivity index (χ4n) is 2.57. The Morgan fingerprint density at radius 2 is 1.79 bits per heavy atom. The Kier molecular flexibility index (Phi) is 3.72. The molecule has 0 radical (unpaired) electrons. The Morgan fingerprint density at radius 1 is 1.00 bits per heavy atom. The fraction of sp³-hybridized carbons (Fsp3) is 0. The summed E-state index contributed by atoms with van der Waals surface area (Å²) in [6.45, 7) is 0. The molecule has 5 nitrogen and oxygen atoms in total. The molecule has 116 valence electrons. The summed E-state index contributed by atoms with van der Waals surface area (Å²) in [6, 6.07) is 18.1. The van der Waals surface area contributed by atoms with Gasteiger partial charge in [-0.3, -0.25) is 4.98 Å². The Morgan fingerprint density at radius 3 is 2.67 bits per heavy atom. The SMILES string of the molecule is S=c1[nH]nc(-c2ccncc2)n1/N=C\c1cccc2ccccc12. The molecule has 4 rings (SSSR count). The van der Waals surface area contributed by atoms with Gasteiger partial charge in [0.15, 0.2) is 5.82 Å². The van der Waals surface area contributed by atoms with E-state index in [2.05, 4.69) is 38.5 Å². The Hall–Kier alpha value is -3.12. The number of H-pyrrole nitrogens is 1. The van der Waals surface area contributed by atoms with Crippen LogP contribution in [0.25, 0.3) is 22.2 Å². The number of pyridine rings is 1. The van der Waals surface area contributed by atoms with Crippen LogP contribution in [0.15, 0.2) is 72.1 Å². The number of hydrogen-bond donors (Lipinski definition) is 1. The van der Waals surface area contributed by atoms with E-state index in [9.17, 15) is 0 Å². The predicted octanol–water partition coefficient (Wildman–Crippen LogP) is 4.04. The predicted molar refractivity (Wildman–Crippen MR) is 97.6 cm³/mol. The minimum atomic E-state index is 0.443. The minimum Gasteiger partial charge on any atom is -0.265 e. The summed E-state index contributed by atoms with van der Waals surface area (Å²) in [6.07, 6.45) is 5.23. The van der Waals surface area contributed by atoms with E-state index in [0.29, 0.717) is 10.6 Å². The third-order valence-corrected chi connectivity index (χ3v) is 3.99. The molecule has 2 aromatic carbocycles. The molecule has 1 N–H and O–H groups in total. The lowest BCUT2D eigenvalue weighted by molar-refractivity contribution is 0.871. The van der Waals surface area contributed by atoms with Crippen LogP contribution < -0.4 is 0 Å². The lowest BCUT2D eigenvalue weighted by Crippen LogP contribution is -1.95. The molecule has 0 aliphatic heterocycles.